The number of aromatic amines is 1. The van der Waals surface area contributed by atoms with Gasteiger partial charge in [0.1, 0.15) is 0 Å². The van der Waals surface area contributed by atoms with E-state index in [-0.39, 0.29) is 17.5 Å². The van der Waals surface area contributed by atoms with Crippen molar-refractivity contribution >= 4 is 17.5 Å². The average Bonchev–Trinajstić information content (AvgIpc) is 3.25. The summed E-state index contributed by atoms with van der Waals surface area (Å²) in [4.78, 5) is 37.6. The smallest absolute Gasteiger partial charge is 0.347 e. The number of aromatic nitrogens is 3. The van der Waals surface area contributed by atoms with E-state index in [0.29, 0.717) is 30.7 Å². The number of hydrogen-bond donors (Lipinski definition) is 2. The zero-order valence-corrected chi connectivity index (χ0v) is 14.6. The van der Waals surface area contributed by atoms with Gasteiger partial charge in [0, 0.05) is 32.3 Å². The van der Waals surface area contributed by atoms with Gasteiger partial charge in [-0.05, 0) is 29.7 Å². The lowest BCUT2D eigenvalue weighted by molar-refractivity contribution is -0.128. The number of fused-ring (bicyclic) bond motifs is 1. The monoisotopic (exact) mass is 365 g/mol. The number of benzene rings is 1. The van der Waals surface area contributed by atoms with E-state index >= 15 is 0 Å². The first-order valence-corrected chi connectivity index (χ1v) is 8.81. The van der Waals surface area contributed by atoms with Crippen molar-refractivity contribution in [3.8, 4) is 0 Å². The van der Waals surface area contributed by atoms with Crippen LogP contribution >= 0.6 is 0 Å². The van der Waals surface area contributed by atoms with Crippen LogP contribution in [0.1, 0.15) is 34.3 Å². The third-order valence-corrected chi connectivity index (χ3v) is 4.66. The van der Waals surface area contributed by atoms with E-state index in [2.05, 4.69) is 15.5 Å². The van der Waals surface area contributed by atoms with Crippen LogP contribution in [0.2, 0.25) is 0 Å². The van der Waals surface area contributed by atoms with E-state index in [4.69, 9.17) is 0 Å². The molecule has 0 aliphatic carbocycles. The van der Waals surface area contributed by atoms with E-state index in [1.807, 2.05) is 29.2 Å². The van der Waals surface area contributed by atoms with Crippen LogP contribution in [0.4, 0.5) is 0 Å². The standard InChI is InChI=1S/C19H19N5O3/c25-17-5-2-8-23(17)11-14-4-1-3-13(9-14)10-20-18(26)15-6-7-16-21-22-19(27)24(16)12-15/h1,3-4,6-7,9,12H,2,5,8,10-11H2,(H,20,26)(H,22,27). The molecule has 3 aromatic rings. The molecule has 8 nitrogen and oxygen atoms in total. The largest absolute Gasteiger partial charge is 0.348 e. The fourth-order valence-corrected chi connectivity index (χ4v) is 3.25. The number of pyridine rings is 1. The van der Waals surface area contributed by atoms with Crippen molar-refractivity contribution < 1.29 is 9.59 Å². The van der Waals surface area contributed by atoms with Gasteiger partial charge in [-0.15, -0.1) is 0 Å². The number of nitrogens with zero attached hydrogens (tertiary/aromatic N) is 3. The van der Waals surface area contributed by atoms with E-state index in [9.17, 15) is 14.4 Å². The minimum absolute atomic E-state index is 0.193. The number of nitrogens with one attached hydrogen (secondary N) is 2. The molecule has 4 rings (SSSR count). The van der Waals surface area contributed by atoms with Crippen LogP contribution < -0.4 is 11.0 Å². The first-order chi connectivity index (χ1) is 13.1. The lowest BCUT2D eigenvalue weighted by Crippen LogP contribution is -2.25. The molecule has 1 saturated heterocycles. The highest BCUT2D eigenvalue weighted by atomic mass is 16.2. The second kappa shape index (κ2) is 7.06. The molecule has 0 spiro atoms. The summed E-state index contributed by atoms with van der Waals surface area (Å²) >= 11 is 0. The minimum atomic E-state index is -0.385. The predicted octanol–water partition coefficient (Wildman–Crippen LogP) is 1.07. The normalized spacial score (nSPS) is 14.1. The van der Waals surface area contributed by atoms with Gasteiger partial charge in [0.05, 0.1) is 5.56 Å². The van der Waals surface area contributed by atoms with Crippen LogP contribution in [0, 0.1) is 0 Å². The predicted molar refractivity (Wildman–Crippen MR) is 98.1 cm³/mol. The Hall–Kier alpha value is -3.42. The average molecular weight is 365 g/mol. The molecule has 138 valence electrons. The lowest BCUT2D eigenvalue weighted by atomic mass is 10.1. The Morgan fingerprint density at radius 2 is 2.04 bits per heavy atom. The van der Waals surface area contributed by atoms with Gasteiger partial charge in [0.25, 0.3) is 5.91 Å². The van der Waals surface area contributed by atoms with Gasteiger partial charge >= 0.3 is 5.69 Å². The van der Waals surface area contributed by atoms with Crippen molar-refractivity contribution in [3.63, 3.8) is 0 Å². The molecule has 0 unspecified atom stereocenters. The highest BCUT2D eigenvalue weighted by Gasteiger charge is 2.20. The maximum Gasteiger partial charge on any atom is 0.347 e. The summed E-state index contributed by atoms with van der Waals surface area (Å²) in [6.45, 7) is 1.76. The Balaban J connectivity index is 1.42. The summed E-state index contributed by atoms with van der Waals surface area (Å²) in [5.74, 6) is -0.0799. The highest BCUT2D eigenvalue weighted by molar-refractivity contribution is 5.94. The molecule has 0 bridgehead atoms. The number of likely N-dealkylation sites (tertiary alicyclic amines) is 1. The maximum atomic E-state index is 12.4. The van der Waals surface area contributed by atoms with Gasteiger partial charge in [-0.1, -0.05) is 24.3 Å². The third-order valence-electron chi connectivity index (χ3n) is 4.66. The number of hydrogen-bond acceptors (Lipinski definition) is 4. The van der Waals surface area contributed by atoms with Gasteiger partial charge in [0.2, 0.25) is 5.91 Å². The van der Waals surface area contributed by atoms with Crippen molar-refractivity contribution in [2.75, 3.05) is 6.54 Å². The Morgan fingerprint density at radius 3 is 2.85 bits per heavy atom. The molecule has 1 aromatic carbocycles. The number of carbonyl (C=O) groups excluding carboxylic acids is 2. The Labute approximate surface area is 154 Å². The van der Waals surface area contributed by atoms with Crippen molar-refractivity contribution in [1.29, 1.82) is 0 Å². The van der Waals surface area contributed by atoms with Crippen molar-refractivity contribution in [2.24, 2.45) is 0 Å². The van der Waals surface area contributed by atoms with E-state index in [1.165, 1.54) is 10.6 Å². The van der Waals surface area contributed by atoms with Crippen LogP contribution in [0.3, 0.4) is 0 Å². The van der Waals surface area contributed by atoms with Crippen LogP contribution in [-0.4, -0.2) is 37.9 Å². The number of H-pyrrole nitrogens is 1. The summed E-state index contributed by atoms with van der Waals surface area (Å²) < 4.78 is 1.29. The van der Waals surface area contributed by atoms with Crippen molar-refractivity contribution in [1.82, 2.24) is 24.8 Å². The topological polar surface area (TPSA) is 99.6 Å². The molecule has 0 atom stereocenters. The molecule has 0 saturated carbocycles. The summed E-state index contributed by atoms with van der Waals surface area (Å²) in [7, 11) is 0. The molecule has 8 heteroatoms. The zero-order chi connectivity index (χ0) is 18.8. The Kier molecular flexibility index (Phi) is 4.45. The fraction of sp³-hybridized carbons (Fsp3) is 0.263. The summed E-state index contributed by atoms with van der Waals surface area (Å²) in [5, 5.41) is 9.03. The zero-order valence-electron chi connectivity index (χ0n) is 14.6. The quantitative estimate of drug-likeness (QED) is 0.706. The molecule has 1 fully saturated rings. The Bertz CT molecular complexity index is 1070. The van der Waals surface area contributed by atoms with E-state index < -0.39 is 0 Å². The second-order valence-electron chi connectivity index (χ2n) is 6.60. The molecular weight excluding hydrogens is 346 g/mol. The van der Waals surface area contributed by atoms with Gasteiger partial charge in [-0.3, -0.25) is 9.59 Å². The van der Waals surface area contributed by atoms with Crippen molar-refractivity contribution in [2.45, 2.75) is 25.9 Å². The minimum Gasteiger partial charge on any atom is -0.348 e. The van der Waals surface area contributed by atoms with E-state index in [0.717, 1.165) is 24.1 Å². The molecule has 1 aliphatic heterocycles. The first-order valence-electron chi connectivity index (χ1n) is 8.81. The van der Waals surface area contributed by atoms with Gasteiger partial charge < -0.3 is 10.2 Å². The number of rotatable bonds is 5. The number of amides is 2. The fourth-order valence-electron chi connectivity index (χ4n) is 3.25. The molecule has 2 aromatic heterocycles. The molecule has 27 heavy (non-hydrogen) atoms. The molecule has 0 radical (unpaired) electrons. The summed E-state index contributed by atoms with van der Waals surface area (Å²) in [5.41, 5.74) is 2.45. The maximum absolute atomic E-state index is 12.4. The summed E-state index contributed by atoms with van der Waals surface area (Å²) in [6.07, 6.45) is 3.00. The highest BCUT2D eigenvalue weighted by Crippen LogP contribution is 2.15. The molecular formula is C19H19N5O3. The second-order valence-corrected chi connectivity index (χ2v) is 6.60. The van der Waals surface area contributed by atoms with Crippen LogP contribution in [-0.2, 0) is 17.9 Å². The Morgan fingerprint density at radius 1 is 1.19 bits per heavy atom. The summed E-state index contributed by atoms with van der Waals surface area (Å²) in [6, 6.07) is 11.1. The number of carbonyl (C=O) groups is 2. The first kappa shape index (κ1) is 17.0. The van der Waals surface area contributed by atoms with Crippen LogP contribution in [0.15, 0.2) is 47.4 Å². The van der Waals surface area contributed by atoms with Gasteiger partial charge in [-0.25, -0.2) is 14.3 Å². The van der Waals surface area contributed by atoms with E-state index in [1.54, 1.807) is 12.1 Å². The van der Waals surface area contributed by atoms with Gasteiger partial charge in [0.15, 0.2) is 5.65 Å². The van der Waals surface area contributed by atoms with Gasteiger partial charge in [-0.2, -0.15) is 5.10 Å². The van der Waals surface area contributed by atoms with Crippen molar-refractivity contribution in [3.05, 3.63) is 69.8 Å². The molecule has 3 heterocycles. The van der Waals surface area contributed by atoms with Crippen LogP contribution in [0.5, 0.6) is 0 Å². The van der Waals surface area contributed by atoms with Crippen LogP contribution in [0.25, 0.3) is 5.65 Å². The molecule has 1 aliphatic rings. The molecule has 2 amide bonds. The lowest BCUT2D eigenvalue weighted by Gasteiger charge is -2.16. The SMILES string of the molecule is O=C(NCc1cccc(CN2CCCC2=O)c1)c1ccc2n[nH]c(=O)n2c1. The third kappa shape index (κ3) is 3.59. The molecule has 2 N–H and O–H groups in total.